The molecule has 0 unspecified atom stereocenters. The van der Waals surface area contributed by atoms with Gasteiger partial charge in [0, 0.05) is 32.0 Å². The van der Waals surface area contributed by atoms with Crippen LogP contribution in [-0.4, -0.2) is 20.9 Å². The standard InChI is InChI=1S/C40H44O3S2/c1-6-8-11-17-26-23-30(25-15-13-10-14-16-25)32-34(36(26)41)39(44)35-33(38(32)43)31(24-27(37(35)42)18-12-9-7-2)45-29-21-19-28(20-22-29)40(3,4)5/h10,13-16,19-24,41-42H,6-9,11-12,17-18H2,1-5H3. The summed E-state index contributed by atoms with van der Waals surface area (Å²) in [6.45, 7) is 10.9. The lowest BCUT2D eigenvalue weighted by atomic mass is 9.77. The maximum Gasteiger partial charge on any atom is 0.196 e. The molecule has 1 aliphatic carbocycles. The third-order valence-corrected chi connectivity index (χ3v) is 10.2. The number of hydrogen-bond acceptors (Lipinski definition) is 5. The molecule has 0 heterocycles. The summed E-state index contributed by atoms with van der Waals surface area (Å²) in [5, 5.41) is 23.5. The Labute approximate surface area is 278 Å². The predicted molar refractivity (Wildman–Crippen MR) is 192 cm³/mol. The van der Waals surface area contributed by atoms with Crippen molar-refractivity contribution in [3.63, 3.8) is 0 Å². The van der Waals surface area contributed by atoms with Crippen molar-refractivity contribution in [1.29, 1.82) is 0 Å². The summed E-state index contributed by atoms with van der Waals surface area (Å²) in [7, 11) is 0. The van der Waals surface area contributed by atoms with Gasteiger partial charge in [0.1, 0.15) is 11.5 Å². The average molecular weight is 637 g/mol. The third kappa shape index (κ3) is 6.76. The van der Waals surface area contributed by atoms with E-state index in [0.29, 0.717) is 40.0 Å². The minimum absolute atomic E-state index is 0.0322. The quantitative estimate of drug-likeness (QED) is 0.112. The number of phenols is 2. The smallest absolute Gasteiger partial charge is 0.196 e. The van der Waals surface area contributed by atoms with Gasteiger partial charge in [0.2, 0.25) is 0 Å². The number of aromatic hydroxyl groups is 2. The molecular weight excluding hydrogens is 593 g/mol. The van der Waals surface area contributed by atoms with Gasteiger partial charge in [-0.25, -0.2) is 0 Å². The van der Waals surface area contributed by atoms with Crippen molar-refractivity contribution >= 4 is 34.6 Å². The van der Waals surface area contributed by atoms with Gasteiger partial charge in [-0.3, -0.25) is 4.79 Å². The first-order valence-electron chi connectivity index (χ1n) is 16.3. The normalized spacial score (nSPS) is 12.7. The molecule has 0 saturated heterocycles. The second-order valence-electron chi connectivity index (χ2n) is 13.1. The van der Waals surface area contributed by atoms with E-state index in [-0.39, 0.29) is 22.7 Å². The van der Waals surface area contributed by atoms with Crippen LogP contribution in [0.15, 0.2) is 76.5 Å². The minimum Gasteiger partial charge on any atom is -0.507 e. The molecule has 0 amide bonds. The summed E-state index contributed by atoms with van der Waals surface area (Å²) in [6.07, 6.45) is 7.44. The lowest BCUT2D eigenvalue weighted by Crippen LogP contribution is -2.24. The van der Waals surface area contributed by atoms with E-state index in [0.717, 1.165) is 70.6 Å². The molecule has 0 aliphatic heterocycles. The van der Waals surface area contributed by atoms with Gasteiger partial charge in [-0.2, -0.15) is 0 Å². The van der Waals surface area contributed by atoms with Crippen molar-refractivity contribution in [3.05, 3.63) is 106 Å². The van der Waals surface area contributed by atoms with Crippen LogP contribution in [0.4, 0.5) is 0 Å². The zero-order valence-electron chi connectivity index (χ0n) is 27.1. The van der Waals surface area contributed by atoms with E-state index in [1.807, 2.05) is 42.5 Å². The molecule has 0 saturated carbocycles. The summed E-state index contributed by atoms with van der Waals surface area (Å²) in [5.74, 6) is -0.0887. The lowest BCUT2D eigenvalue weighted by Gasteiger charge is -2.28. The number of fused-ring (bicyclic) bond motifs is 2. The maximum absolute atomic E-state index is 14.8. The third-order valence-electron chi connectivity index (χ3n) is 8.76. The second kappa shape index (κ2) is 13.9. The molecule has 0 bridgehead atoms. The van der Waals surface area contributed by atoms with Crippen LogP contribution < -0.4 is 0 Å². The van der Waals surface area contributed by atoms with Crippen LogP contribution in [0.2, 0.25) is 0 Å². The molecule has 234 valence electrons. The molecule has 0 atom stereocenters. The van der Waals surface area contributed by atoms with Gasteiger partial charge in [-0.05, 0) is 83.2 Å². The molecule has 5 rings (SSSR count). The van der Waals surface area contributed by atoms with Crippen molar-refractivity contribution in [1.82, 2.24) is 0 Å². The van der Waals surface area contributed by atoms with Crippen molar-refractivity contribution in [3.8, 4) is 22.6 Å². The van der Waals surface area contributed by atoms with Crippen molar-refractivity contribution in [2.75, 3.05) is 0 Å². The number of thiocarbonyl (C=S) groups is 1. The fourth-order valence-electron chi connectivity index (χ4n) is 6.17. The van der Waals surface area contributed by atoms with Crippen LogP contribution in [-0.2, 0) is 18.3 Å². The van der Waals surface area contributed by atoms with Gasteiger partial charge >= 0.3 is 0 Å². The van der Waals surface area contributed by atoms with Gasteiger partial charge in [0.05, 0.1) is 4.86 Å². The number of phenolic OH excluding ortho intramolecular Hbond substituents is 2. The van der Waals surface area contributed by atoms with Crippen LogP contribution in [0.5, 0.6) is 11.5 Å². The van der Waals surface area contributed by atoms with Crippen LogP contribution in [0, 0.1) is 0 Å². The summed E-state index contributed by atoms with van der Waals surface area (Å²) in [4.78, 5) is 16.9. The van der Waals surface area contributed by atoms with E-state index in [2.05, 4.69) is 58.9 Å². The highest BCUT2D eigenvalue weighted by molar-refractivity contribution is 7.99. The summed E-state index contributed by atoms with van der Waals surface area (Å²) in [6, 6.07) is 22.3. The monoisotopic (exact) mass is 636 g/mol. The van der Waals surface area contributed by atoms with Crippen molar-refractivity contribution in [2.45, 2.75) is 101 Å². The number of carbonyl (C=O) groups excluding carboxylic acids is 1. The van der Waals surface area contributed by atoms with Gasteiger partial charge in [0.25, 0.3) is 0 Å². The molecule has 0 aromatic heterocycles. The molecule has 4 aromatic carbocycles. The van der Waals surface area contributed by atoms with Crippen LogP contribution >= 0.6 is 24.0 Å². The first-order valence-corrected chi connectivity index (χ1v) is 17.5. The van der Waals surface area contributed by atoms with E-state index in [9.17, 15) is 15.0 Å². The summed E-state index contributed by atoms with van der Waals surface area (Å²) < 4.78 is 0. The number of ketones is 1. The van der Waals surface area contributed by atoms with Crippen molar-refractivity contribution < 1.29 is 15.0 Å². The Bertz CT molecular complexity index is 1710. The van der Waals surface area contributed by atoms with Crippen LogP contribution in [0.3, 0.4) is 0 Å². The Morgan fingerprint density at radius 3 is 1.82 bits per heavy atom. The van der Waals surface area contributed by atoms with Gasteiger partial charge < -0.3 is 10.2 Å². The molecule has 5 heteroatoms. The number of unbranched alkanes of at least 4 members (excludes halogenated alkanes) is 4. The number of carbonyl (C=O) groups is 1. The van der Waals surface area contributed by atoms with E-state index in [4.69, 9.17) is 12.2 Å². The van der Waals surface area contributed by atoms with E-state index < -0.39 is 0 Å². The fraction of sp³-hybridized carbons (Fsp3) is 0.350. The Morgan fingerprint density at radius 2 is 1.27 bits per heavy atom. The molecule has 0 radical (unpaired) electrons. The Morgan fingerprint density at radius 1 is 0.711 bits per heavy atom. The largest absolute Gasteiger partial charge is 0.507 e. The molecule has 4 aromatic rings. The fourth-order valence-corrected chi connectivity index (χ4v) is 7.59. The average Bonchev–Trinajstić information content (AvgIpc) is 3.02. The van der Waals surface area contributed by atoms with Crippen LogP contribution in [0.25, 0.3) is 11.1 Å². The highest BCUT2D eigenvalue weighted by atomic mass is 32.2. The molecule has 2 N–H and O–H groups in total. The Kier molecular flexibility index (Phi) is 10.2. The van der Waals surface area contributed by atoms with Gasteiger partial charge in [0.15, 0.2) is 5.78 Å². The molecule has 45 heavy (non-hydrogen) atoms. The van der Waals surface area contributed by atoms with Crippen molar-refractivity contribution in [2.24, 2.45) is 0 Å². The lowest BCUT2D eigenvalue weighted by molar-refractivity contribution is 0.103. The molecule has 0 spiro atoms. The van der Waals surface area contributed by atoms with E-state index >= 15 is 0 Å². The molecular formula is C40H44O3S2. The zero-order chi connectivity index (χ0) is 32.3. The molecule has 3 nitrogen and oxygen atoms in total. The van der Waals surface area contributed by atoms with E-state index in [1.54, 1.807) is 0 Å². The highest BCUT2D eigenvalue weighted by Crippen LogP contribution is 2.48. The Balaban J connectivity index is 1.72. The summed E-state index contributed by atoms with van der Waals surface area (Å²) >= 11 is 7.68. The maximum atomic E-state index is 14.8. The van der Waals surface area contributed by atoms with E-state index in [1.165, 1.54) is 17.3 Å². The second-order valence-corrected chi connectivity index (χ2v) is 14.7. The first kappa shape index (κ1) is 33.0. The zero-order valence-corrected chi connectivity index (χ0v) is 28.8. The Hall–Kier alpha value is -3.41. The number of rotatable bonds is 11. The minimum atomic E-state index is -0.216. The highest BCUT2D eigenvalue weighted by Gasteiger charge is 2.38. The van der Waals surface area contributed by atoms with Crippen LogP contribution in [0.1, 0.15) is 117 Å². The van der Waals surface area contributed by atoms with Gasteiger partial charge in [-0.15, -0.1) is 0 Å². The first-order chi connectivity index (χ1) is 21.6. The number of aryl methyl sites for hydroxylation is 2. The number of hydrogen-bond donors (Lipinski definition) is 2. The SMILES string of the molecule is CCCCCc1cc(Sc2ccc(C(C)(C)C)cc2)c2c(c1O)C(=S)c1c(O)c(CCCCC)cc(-c3ccccc3)c1C2=O. The molecule has 0 fully saturated rings. The number of benzene rings is 4. The van der Waals surface area contributed by atoms with Gasteiger partial charge in [-0.1, -0.05) is 127 Å². The topological polar surface area (TPSA) is 57.5 Å². The summed E-state index contributed by atoms with van der Waals surface area (Å²) in [5.41, 5.74) is 6.11. The molecule has 1 aliphatic rings. The predicted octanol–water partition coefficient (Wildman–Crippen LogP) is 11.0.